The van der Waals surface area contributed by atoms with Crippen molar-refractivity contribution in [3.63, 3.8) is 0 Å². The van der Waals surface area contributed by atoms with Crippen molar-refractivity contribution in [3.05, 3.63) is 33.5 Å². The molecule has 0 aliphatic heterocycles. The minimum absolute atomic E-state index is 0.238. The first-order valence-electron chi connectivity index (χ1n) is 6.56. The molecule has 0 N–H and O–H groups in total. The third-order valence-corrected chi connectivity index (χ3v) is 5.02. The van der Waals surface area contributed by atoms with Crippen LogP contribution in [0.25, 0.3) is 0 Å². The van der Waals surface area contributed by atoms with E-state index in [-0.39, 0.29) is 12.4 Å². The van der Waals surface area contributed by atoms with Gasteiger partial charge in [0.15, 0.2) is 5.13 Å². The van der Waals surface area contributed by atoms with Crippen LogP contribution in [-0.2, 0) is 22.5 Å². The molecular weight excluding hydrogens is 292 g/mol. The lowest BCUT2D eigenvalue weighted by Gasteiger charge is -2.20. The summed E-state index contributed by atoms with van der Waals surface area (Å²) in [5, 5.41) is 5.07. The number of ether oxygens (including phenoxy) is 1. The van der Waals surface area contributed by atoms with Crippen LogP contribution in [0.3, 0.4) is 0 Å². The van der Waals surface area contributed by atoms with Crippen molar-refractivity contribution in [2.45, 2.75) is 31.8 Å². The van der Waals surface area contributed by atoms with Gasteiger partial charge in [-0.1, -0.05) is 6.07 Å². The normalized spacial score (nSPS) is 14.2. The van der Waals surface area contributed by atoms with Gasteiger partial charge in [0, 0.05) is 16.3 Å². The van der Waals surface area contributed by atoms with Crippen molar-refractivity contribution in [2.24, 2.45) is 0 Å². The summed E-state index contributed by atoms with van der Waals surface area (Å²) in [5.41, 5.74) is 0.800. The Kier molecular flexibility index (Phi) is 4.03. The summed E-state index contributed by atoms with van der Waals surface area (Å²) in [5.74, 6) is -0.238. The molecule has 0 aromatic carbocycles. The van der Waals surface area contributed by atoms with Gasteiger partial charge in [0.25, 0.3) is 0 Å². The highest BCUT2D eigenvalue weighted by molar-refractivity contribution is 7.13. The Morgan fingerprint density at radius 1 is 1.50 bits per heavy atom. The van der Waals surface area contributed by atoms with Gasteiger partial charge < -0.3 is 9.64 Å². The fourth-order valence-corrected chi connectivity index (χ4v) is 3.64. The molecule has 0 saturated heterocycles. The number of hydrogen-bond donors (Lipinski definition) is 0. The van der Waals surface area contributed by atoms with Crippen LogP contribution in [-0.4, -0.2) is 24.1 Å². The van der Waals surface area contributed by atoms with Gasteiger partial charge in [-0.15, -0.1) is 22.7 Å². The molecule has 4 nitrogen and oxygen atoms in total. The molecule has 2 aromatic rings. The molecule has 20 heavy (non-hydrogen) atoms. The molecule has 1 saturated carbocycles. The lowest BCUT2D eigenvalue weighted by Crippen LogP contribution is -2.24. The van der Waals surface area contributed by atoms with E-state index in [2.05, 4.69) is 32.1 Å². The number of carbonyl (C=O) groups excluding carboxylic acids is 1. The monoisotopic (exact) mass is 308 g/mol. The number of hydrogen-bond acceptors (Lipinski definition) is 6. The molecule has 0 radical (unpaired) electrons. The Labute approximate surface area is 126 Å². The van der Waals surface area contributed by atoms with E-state index in [1.165, 1.54) is 24.8 Å². The molecule has 1 fully saturated rings. The molecular formula is C14H16N2O2S2. The SMILES string of the molecule is COC(=O)Cc1csc(N(Cc2cccs2)C2CC2)n1. The van der Waals surface area contributed by atoms with Crippen molar-refractivity contribution in [3.8, 4) is 0 Å². The molecule has 0 spiro atoms. The zero-order valence-electron chi connectivity index (χ0n) is 11.2. The fraction of sp³-hybridized carbons (Fsp3) is 0.429. The maximum Gasteiger partial charge on any atom is 0.311 e. The van der Waals surface area contributed by atoms with Gasteiger partial charge in [0.05, 0.1) is 25.8 Å². The first-order valence-corrected chi connectivity index (χ1v) is 8.32. The third kappa shape index (κ3) is 3.19. The lowest BCUT2D eigenvalue weighted by atomic mass is 10.3. The molecule has 0 atom stereocenters. The summed E-state index contributed by atoms with van der Waals surface area (Å²) in [6.45, 7) is 0.910. The number of methoxy groups -OCH3 is 1. The summed E-state index contributed by atoms with van der Waals surface area (Å²) in [4.78, 5) is 19.6. The first-order chi connectivity index (χ1) is 9.76. The van der Waals surface area contributed by atoms with Gasteiger partial charge in [-0.05, 0) is 24.3 Å². The van der Waals surface area contributed by atoms with Crippen LogP contribution in [0.15, 0.2) is 22.9 Å². The number of esters is 1. The second-order valence-electron chi connectivity index (χ2n) is 4.81. The van der Waals surface area contributed by atoms with E-state index in [1.807, 2.05) is 5.38 Å². The van der Waals surface area contributed by atoms with Crippen molar-refractivity contribution in [2.75, 3.05) is 12.0 Å². The second-order valence-corrected chi connectivity index (χ2v) is 6.68. The molecule has 0 amide bonds. The van der Waals surface area contributed by atoms with E-state index in [0.29, 0.717) is 6.04 Å². The average molecular weight is 308 g/mol. The number of nitrogens with zero attached hydrogens (tertiary/aromatic N) is 2. The fourth-order valence-electron chi connectivity index (χ4n) is 2.04. The van der Waals surface area contributed by atoms with E-state index in [0.717, 1.165) is 17.4 Å². The molecule has 1 aliphatic carbocycles. The number of aromatic nitrogens is 1. The van der Waals surface area contributed by atoms with Gasteiger partial charge in [-0.25, -0.2) is 4.98 Å². The highest BCUT2D eigenvalue weighted by Gasteiger charge is 2.31. The molecule has 1 aliphatic rings. The summed E-state index contributed by atoms with van der Waals surface area (Å²) >= 11 is 3.39. The third-order valence-electron chi connectivity index (χ3n) is 3.23. The number of thiophene rings is 1. The summed E-state index contributed by atoms with van der Waals surface area (Å²) in [6.07, 6.45) is 2.72. The smallest absolute Gasteiger partial charge is 0.311 e. The number of anilines is 1. The Morgan fingerprint density at radius 2 is 2.35 bits per heavy atom. The molecule has 0 bridgehead atoms. The van der Waals surface area contributed by atoms with Gasteiger partial charge in [0.2, 0.25) is 0 Å². The Hall–Kier alpha value is -1.40. The molecule has 0 unspecified atom stereocenters. The highest BCUT2D eigenvalue weighted by atomic mass is 32.1. The van der Waals surface area contributed by atoms with Crippen LogP contribution < -0.4 is 4.90 Å². The molecule has 106 valence electrons. The predicted octanol–water partition coefficient (Wildman–Crippen LogP) is 3.09. The maximum atomic E-state index is 11.3. The van der Waals surface area contributed by atoms with Gasteiger partial charge in [0.1, 0.15) is 0 Å². The number of thiazole rings is 1. The molecule has 2 heterocycles. The summed E-state index contributed by atoms with van der Waals surface area (Å²) in [6, 6.07) is 4.84. The zero-order chi connectivity index (χ0) is 13.9. The lowest BCUT2D eigenvalue weighted by molar-refractivity contribution is -0.139. The van der Waals surface area contributed by atoms with Crippen LogP contribution in [0.2, 0.25) is 0 Å². The highest BCUT2D eigenvalue weighted by Crippen LogP contribution is 2.35. The van der Waals surface area contributed by atoms with Crippen LogP contribution in [0.1, 0.15) is 23.4 Å². The predicted molar refractivity (Wildman–Crippen MR) is 81.4 cm³/mol. The second kappa shape index (κ2) is 5.93. The largest absolute Gasteiger partial charge is 0.469 e. The van der Waals surface area contributed by atoms with E-state index in [1.54, 1.807) is 22.7 Å². The number of rotatable bonds is 6. The molecule has 6 heteroatoms. The van der Waals surface area contributed by atoms with Crippen LogP contribution >= 0.6 is 22.7 Å². The van der Waals surface area contributed by atoms with E-state index in [9.17, 15) is 4.79 Å². The Morgan fingerprint density at radius 3 is 3.00 bits per heavy atom. The van der Waals surface area contributed by atoms with E-state index >= 15 is 0 Å². The minimum atomic E-state index is -0.238. The van der Waals surface area contributed by atoms with Crippen molar-refractivity contribution in [1.82, 2.24) is 4.98 Å². The topological polar surface area (TPSA) is 42.4 Å². The minimum Gasteiger partial charge on any atom is -0.469 e. The molecule has 2 aromatic heterocycles. The van der Waals surface area contributed by atoms with Gasteiger partial charge in [-0.3, -0.25) is 4.79 Å². The molecule has 3 rings (SSSR count). The Balaban J connectivity index is 1.73. The standard InChI is InChI=1S/C14H16N2O2S2/c1-18-13(17)7-10-9-20-14(15-10)16(11-4-5-11)8-12-3-2-6-19-12/h2-3,6,9,11H,4-5,7-8H2,1H3. The Bertz CT molecular complexity index is 576. The van der Waals surface area contributed by atoms with E-state index < -0.39 is 0 Å². The average Bonchev–Trinajstić information content (AvgIpc) is 2.97. The van der Waals surface area contributed by atoms with Crippen molar-refractivity contribution >= 4 is 33.8 Å². The zero-order valence-corrected chi connectivity index (χ0v) is 12.9. The summed E-state index contributed by atoms with van der Waals surface area (Å²) in [7, 11) is 1.41. The van der Waals surface area contributed by atoms with Crippen molar-refractivity contribution < 1.29 is 9.53 Å². The van der Waals surface area contributed by atoms with Gasteiger partial charge in [-0.2, -0.15) is 0 Å². The van der Waals surface area contributed by atoms with Crippen LogP contribution in [0, 0.1) is 0 Å². The summed E-state index contributed by atoms with van der Waals surface area (Å²) < 4.78 is 4.68. The number of carbonyl (C=O) groups is 1. The van der Waals surface area contributed by atoms with Gasteiger partial charge >= 0.3 is 5.97 Å². The maximum absolute atomic E-state index is 11.3. The van der Waals surface area contributed by atoms with E-state index in [4.69, 9.17) is 0 Å². The van der Waals surface area contributed by atoms with Crippen molar-refractivity contribution in [1.29, 1.82) is 0 Å². The first kappa shape index (κ1) is 13.6. The van der Waals surface area contributed by atoms with Crippen LogP contribution in [0.5, 0.6) is 0 Å². The quantitative estimate of drug-likeness (QED) is 0.769. The van der Waals surface area contributed by atoms with Crippen LogP contribution in [0.4, 0.5) is 5.13 Å².